The molecule has 5 nitrogen and oxygen atoms in total. The molecule has 0 fully saturated rings. The SMILES string of the molecule is CCC(C)NS(=O)(=O)c1cc(C(=O)Nc2ccc(F)c(F)c2)ccc1F. The molecule has 0 radical (unpaired) electrons. The minimum Gasteiger partial charge on any atom is -0.322 e. The van der Waals surface area contributed by atoms with Crippen LogP contribution in [0.1, 0.15) is 30.6 Å². The molecule has 1 unspecified atom stereocenters. The second-order valence-corrected chi connectivity index (χ2v) is 7.34. The molecule has 0 saturated carbocycles. The van der Waals surface area contributed by atoms with Crippen LogP contribution in [0.5, 0.6) is 0 Å². The summed E-state index contributed by atoms with van der Waals surface area (Å²) in [6.07, 6.45) is 0.497. The fraction of sp³-hybridized carbons (Fsp3) is 0.235. The molecule has 0 bridgehead atoms. The lowest BCUT2D eigenvalue weighted by Crippen LogP contribution is -2.32. The predicted molar refractivity (Wildman–Crippen MR) is 90.8 cm³/mol. The predicted octanol–water partition coefficient (Wildman–Crippen LogP) is 3.43. The first-order chi connectivity index (χ1) is 12.1. The van der Waals surface area contributed by atoms with Gasteiger partial charge in [0.05, 0.1) is 0 Å². The van der Waals surface area contributed by atoms with Gasteiger partial charge in [0.25, 0.3) is 5.91 Å². The fourth-order valence-electron chi connectivity index (χ4n) is 2.04. The first-order valence-corrected chi connectivity index (χ1v) is 9.20. The average molecular weight is 386 g/mol. The topological polar surface area (TPSA) is 75.3 Å². The Morgan fingerprint density at radius 2 is 1.69 bits per heavy atom. The smallest absolute Gasteiger partial charge is 0.255 e. The quantitative estimate of drug-likeness (QED) is 0.799. The summed E-state index contributed by atoms with van der Waals surface area (Å²) in [6.45, 7) is 3.38. The van der Waals surface area contributed by atoms with Gasteiger partial charge in [-0.15, -0.1) is 0 Å². The van der Waals surface area contributed by atoms with Gasteiger partial charge in [-0.25, -0.2) is 26.3 Å². The Hall–Kier alpha value is -2.39. The molecule has 9 heteroatoms. The van der Waals surface area contributed by atoms with Gasteiger partial charge in [-0.1, -0.05) is 6.92 Å². The molecule has 1 amide bonds. The molecule has 2 rings (SSSR count). The number of benzene rings is 2. The van der Waals surface area contributed by atoms with E-state index in [1.165, 1.54) is 0 Å². The number of halogens is 3. The number of rotatable bonds is 6. The molecule has 2 aromatic rings. The second kappa shape index (κ2) is 7.88. The van der Waals surface area contributed by atoms with E-state index in [1.54, 1.807) is 13.8 Å². The molecule has 0 saturated heterocycles. The Bertz CT molecular complexity index is 933. The molecular formula is C17H17F3N2O3S. The number of anilines is 1. The van der Waals surface area contributed by atoms with E-state index in [0.29, 0.717) is 6.42 Å². The summed E-state index contributed by atoms with van der Waals surface area (Å²) in [5.74, 6) is -4.03. The zero-order valence-corrected chi connectivity index (χ0v) is 14.8. The van der Waals surface area contributed by atoms with Crippen molar-refractivity contribution < 1.29 is 26.4 Å². The highest BCUT2D eigenvalue weighted by atomic mass is 32.2. The Balaban J connectivity index is 2.30. The van der Waals surface area contributed by atoms with Gasteiger partial charge in [-0.2, -0.15) is 0 Å². The molecule has 1 atom stereocenters. The summed E-state index contributed by atoms with van der Waals surface area (Å²) in [6, 6.07) is 5.16. The third-order valence-corrected chi connectivity index (χ3v) is 5.23. The highest BCUT2D eigenvalue weighted by Crippen LogP contribution is 2.19. The van der Waals surface area contributed by atoms with Gasteiger partial charge in [0.1, 0.15) is 10.7 Å². The van der Waals surface area contributed by atoms with Crippen LogP contribution in [0.3, 0.4) is 0 Å². The number of hydrogen-bond donors (Lipinski definition) is 2. The third-order valence-electron chi connectivity index (χ3n) is 3.63. The number of hydrogen-bond acceptors (Lipinski definition) is 3. The van der Waals surface area contributed by atoms with Crippen LogP contribution in [0.15, 0.2) is 41.3 Å². The van der Waals surface area contributed by atoms with Crippen molar-refractivity contribution in [2.75, 3.05) is 5.32 Å². The van der Waals surface area contributed by atoms with Gasteiger partial charge in [0.2, 0.25) is 10.0 Å². The van der Waals surface area contributed by atoms with Crippen molar-refractivity contribution in [3.05, 3.63) is 59.4 Å². The standard InChI is InChI=1S/C17H17F3N2O3S/c1-3-10(2)22-26(24,25)16-8-11(4-6-14(16)19)17(23)21-12-5-7-13(18)15(20)9-12/h4-10,22H,3H2,1-2H3,(H,21,23). The second-order valence-electron chi connectivity index (χ2n) is 5.66. The summed E-state index contributed by atoms with van der Waals surface area (Å²) < 4.78 is 66.9. The van der Waals surface area contributed by atoms with Gasteiger partial charge in [-0.3, -0.25) is 4.79 Å². The molecule has 0 aliphatic heterocycles. The van der Waals surface area contributed by atoms with E-state index in [4.69, 9.17) is 0 Å². The van der Waals surface area contributed by atoms with Crippen molar-refractivity contribution in [2.45, 2.75) is 31.2 Å². The van der Waals surface area contributed by atoms with Crippen LogP contribution in [-0.4, -0.2) is 20.4 Å². The first kappa shape index (κ1) is 19.9. The number of sulfonamides is 1. The summed E-state index contributed by atoms with van der Waals surface area (Å²) >= 11 is 0. The van der Waals surface area contributed by atoms with Gasteiger partial charge in [0.15, 0.2) is 11.6 Å². The Morgan fingerprint density at radius 3 is 2.31 bits per heavy atom. The molecule has 0 aliphatic carbocycles. The van der Waals surface area contributed by atoms with Crippen LogP contribution in [0, 0.1) is 17.5 Å². The lowest BCUT2D eigenvalue weighted by Gasteiger charge is -2.13. The number of carbonyl (C=O) groups excluding carboxylic acids is 1. The molecule has 0 heterocycles. The summed E-state index contributed by atoms with van der Waals surface area (Å²) in [5, 5.41) is 2.29. The van der Waals surface area contributed by atoms with E-state index in [2.05, 4.69) is 10.0 Å². The van der Waals surface area contributed by atoms with Gasteiger partial charge in [-0.05, 0) is 43.7 Å². The normalized spacial score (nSPS) is 12.7. The molecule has 140 valence electrons. The van der Waals surface area contributed by atoms with Crippen LogP contribution < -0.4 is 10.0 Å². The van der Waals surface area contributed by atoms with Crippen molar-refractivity contribution in [1.29, 1.82) is 0 Å². The number of amides is 1. The van der Waals surface area contributed by atoms with Gasteiger partial charge < -0.3 is 5.32 Å². The number of nitrogens with one attached hydrogen (secondary N) is 2. The molecular weight excluding hydrogens is 369 g/mol. The van der Waals surface area contributed by atoms with E-state index in [1.807, 2.05) is 0 Å². The molecule has 2 aromatic carbocycles. The lowest BCUT2D eigenvalue weighted by molar-refractivity contribution is 0.102. The van der Waals surface area contributed by atoms with Gasteiger partial charge in [0, 0.05) is 23.4 Å². The van der Waals surface area contributed by atoms with Crippen molar-refractivity contribution in [1.82, 2.24) is 4.72 Å². The first-order valence-electron chi connectivity index (χ1n) is 7.72. The summed E-state index contributed by atoms with van der Waals surface area (Å²) in [7, 11) is -4.16. The van der Waals surface area contributed by atoms with Crippen molar-refractivity contribution >= 4 is 21.6 Å². The van der Waals surface area contributed by atoms with Crippen LogP contribution in [0.2, 0.25) is 0 Å². The highest BCUT2D eigenvalue weighted by molar-refractivity contribution is 7.89. The Labute approximate surface area is 149 Å². The maximum Gasteiger partial charge on any atom is 0.255 e. The zero-order chi connectivity index (χ0) is 19.5. The van der Waals surface area contributed by atoms with E-state index >= 15 is 0 Å². The van der Waals surface area contributed by atoms with Crippen molar-refractivity contribution in [2.24, 2.45) is 0 Å². The Morgan fingerprint density at radius 1 is 1.04 bits per heavy atom. The van der Waals surface area contributed by atoms with Crippen LogP contribution >= 0.6 is 0 Å². The van der Waals surface area contributed by atoms with Crippen molar-refractivity contribution in [3.63, 3.8) is 0 Å². The lowest BCUT2D eigenvalue weighted by atomic mass is 10.2. The van der Waals surface area contributed by atoms with Crippen LogP contribution in [0.25, 0.3) is 0 Å². The molecule has 0 aliphatic rings. The molecule has 0 aromatic heterocycles. The summed E-state index contributed by atoms with van der Waals surface area (Å²) in [4.78, 5) is 11.5. The van der Waals surface area contributed by atoms with Crippen LogP contribution in [0.4, 0.5) is 18.9 Å². The minimum atomic E-state index is -4.16. The third kappa shape index (κ3) is 4.61. The average Bonchev–Trinajstić information content (AvgIpc) is 2.57. The van der Waals surface area contributed by atoms with E-state index < -0.39 is 44.3 Å². The summed E-state index contributed by atoms with van der Waals surface area (Å²) in [5.41, 5.74) is -0.180. The van der Waals surface area contributed by atoms with Crippen LogP contribution in [-0.2, 0) is 10.0 Å². The molecule has 0 spiro atoms. The zero-order valence-electron chi connectivity index (χ0n) is 14.0. The highest BCUT2D eigenvalue weighted by Gasteiger charge is 2.22. The Kier molecular flexibility index (Phi) is 6.04. The maximum atomic E-state index is 14.0. The minimum absolute atomic E-state index is 0.0274. The van der Waals surface area contributed by atoms with E-state index in [-0.39, 0.29) is 11.3 Å². The molecule has 2 N–H and O–H groups in total. The van der Waals surface area contributed by atoms with Gasteiger partial charge >= 0.3 is 0 Å². The van der Waals surface area contributed by atoms with E-state index in [9.17, 15) is 26.4 Å². The van der Waals surface area contributed by atoms with Crippen molar-refractivity contribution in [3.8, 4) is 0 Å². The fourth-order valence-corrected chi connectivity index (χ4v) is 3.47. The maximum absolute atomic E-state index is 14.0. The number of carbonyl (C=O) groups is 1. The van der Waals surface area contributed by atoms with E-state index in [0.717, 1.165) is 36.4 Å². The molecule has 26 heavy (non-hydrogen) atoms. The monoisotopic (exact) mass is 386 g/mol. The largest absolute Gasteiger partial charge is 0.322 e.